The zero-order valence-corrected chi connectivity index (χ0v) is 18.5. The first-order chi connectivity index (χ1) is 15.0. The number of benzene rings is 1. The van der Waals surface area contributed by atoms with Crippen LogP contribution in [-0.4, -0.2) is 30.5 Å². The van der Waals surface area contributed by atoms with Crippen LogP contribution < -0.4 is 10.6 Å². The van der Waals surface area contributed by atoms with Gasteiger partial charge in [-0.2, -0.15) is 9.97 Å². The van der Waals surface area contributed by atoms with E-state index in [4.69, 9.17) is 9.97 Å². The molecule has 0 aliphatic heterocycles. The van der Waals surface area contributed by atoms with Gasteiger partial charge in [-0.25, -0.2) is 4.98 Å². The van der Waals surface area contributed by atoms with Gasteiger partial charge < -0.3 is 15.2 Å². The zero-order chi connectivity index (χ0) is 21.8. The van der Waals surface area contributed by atoms with Crippen molar-refractivity contribution in [3.8, 4) is 11.3 Å². The van der Waals surface area contributed by atoms with E-state index >= 15 is 0 Å². The Kier molecular flexibility index (Phi) is 6.11. The van der Waals surface area contributed by atoms with Crippen LogP contribution in [0.25, 0.3) is 22.4 Å². The van der Waals surface area contributed by atoms with Gasteiger partial charge in [0.1, 0.15) is 0 Å². The Bertz CT molecular complexity index is 1130. The molecule has 3 heterocycles. The van der Waals surface area contributed by atoms with Crippen molar-refractivity contribution in [2.24, 2.45) is 0 Å². The van der Waals surface area contributed by atoms with Crippen molar-refractivity contribution in [2.75, 3.05) is 10.6 Å². The summed E-state index contributed by atoms with van der Waals surface area (Å²) >= 11 is 0. The molecule has 0 spiro atoms. The van der Waals surface area contributed by atoms with E-state index in [2.05, 4.69) is 77.1 Å². The molecule has 0 saturated heterocycles. The van der Waals surface area contributed by atoms with Crippen LogP contribution in [-0.2, 0) is 6.54 Å². The average molecular weight is 416 g/mol. The molecule has 160 valence electrons. The summed E-state index contributed by atoms with van der Waals surface area (Å²) in [6.45, 7) is 9.17. The summed E-state index contributed by atoms with van der Waals surface area (Å²) in [5.74, 6) is 1.36. The first-order valence-corrected chi connectivity index (χ1v) is 10.8. The third-order valence-corrected chi connectivity index (χ3v) is 5.34. The molecule has 1 aromatic carbocycles. The lowest BCUT2D eigenvalue weighted by Gasteiger charge is -2.15. The molecule has 0 saturated carbocycles. The standard InChI is InChI=1S/C24H29N7/c1-5-17(4)28-24-29-22(21-23(30-24)31(15-27-21)16(2)3)26-14-18-9-11-19(12-10-18)20-8-6-7-13-25-20/h6-13,15-17H,5,14H2,1-4H3,(H2,26,28,29,30). The molecular formula is C24H29N7. The van der Waals surface area contributed by atoms with E-state index < -0.39 is 0 Å². The maximum Gasteiger partial charge on any atom is 0.226 e. The van der Waals surface area contributed by atoms with E-state index in [0.29, 0.717) is 18.5 Å². The van der Waals surface area contributed by atoms with Crippen LogP contribution in [0.4, 0.5) is 11.8 Å². The number of nitrogens with one attached hydrogen (secondary N) is 2. The largest absolute Gasteiger partial charge is 0.364 e. The number of hydrogen-bond donors (Lipinski definition) is 2. The van der Waals surface area contributed by atoms with Crippen LogP contribution in [0.3, 0.4) is 0 Å². The van der Waals surface area contributed by atoms with Gasteiger partial charge in [0.2, 0.25) is 5.95 Å². The van der Waals surface area contributed by atoms with E-state index in [-0.39, 0.29) is 6.04 Å². The summed E-state index contributed by atoms with van der Waals surface area (Å²) in [6, 6.07) is 14.9. The number of imidazole rings is 1. The van der Waals surface area contributed by atoms with E-state index in [1.807, 2.05) is 30.7 Å². The van der Waals surface area contributed by atoms with Crippen molar-refractivity contribution < 1.29 is 0 Å². The summed E-state index contributed by atoms with van der Waals surface area (Å²) in [7, 11) is 0. The molecule has 4 rings (SSSR count). The lowest BCUT2D eigenvalue weighted by atomic mass is 10.1. The predicted octanol–water partition coefficient (Wildman–Crippen LogP) is 5.29. The summed E-state index contributed by atoms with van der Waals surface area (Å²) in [6.07, 6.45) is 4.65. The van der Waals surface area contributed by atoms with Gasteiger partial charge in [-0.05, 0) is 44.9 Å². The monoisotopic (exact) mass is 415 g/mol. The summed E-state index contributed by atoms with van der Waals surface area (Å²) in [5, 5.41) is 6.86. The highest BCUT2D eigenvalue weighted by molar-refractivity contribution is 5.84. The molecule has 7 nitrogen and oxygen atoms in total. The molecule has 1 unspecified atom stereocenters. The molecule has 0 aliphatic carbocycles. The fourth-order valence-electron chi connectivity index (χ4n) is 3.32. The molecular weight excluding hydrogens is 386 g/mol. The van der Waals surface area contributed by atoms with Gasteiger partial charge in [0, 0.05) is 30.4 Å². The van der Waals surface area contributed by atoms with Crippen LogP contribution in [0, 0.1) is 0 Å². The molecule has 2 N–H and O–H groups in total. The minimum atomic E-state index is 0.267. The molecule has 4 aromatic rings. The third kappa shape index (κ3) is 4.66. The van der Waals surface area contributed by atoms with Gasteiger partial charge >= 0.3 is 0 Å². The number of rotatable bonds is 8. The highest BCUT2D eigenvalue weighted by atomic mass is 15.2. The van der Waals surface area contributed by atoms with Crippen molar-refractivity contribution >= 4 is 22.9 Å². The summed E-state index contributed by atoms with van der Waals surface area (Å²) in [5.41, 5.74) is 4.85. The van der Waals surface area contributed by atoms with Gasteiger partial charge in [0.25, 0.3) is 0 Å². The number of fused-ring (bicyclic) bond motifs is 1. The Hall–Kier alpha value is -3.48. The number of nitrogens with zero attached hydrogens (tertiary/aromatic N) is 5. The Morgan fingerprint density at radius 1 is 0.968 bits per heavy atom. The highest BCUT2D eigenvalue weighted by Crippen LogP contribution is 2.24. The second kappa shape index (κ2) is 9.12. The first kappa shape index (κ1) is 20.8. The summed E-state index contributed by atoms with van der Waals surface area (Å²) in [4.78, 5) is 18.5. The van der Waals surface area contributed by atoms with Crippen molar-refractivity contribution in [2.45, 2.75) is 52.7 Å². The average Bonchev–Trinajstić information content (AvgIpc) is 3.23. The third-order valence-electron chi connectivity index (χ3n) is 5.34. The quantitative estimate of drug-likeness (QED) is 0.407. The molecule has 0 radical (unpaired) electrons. The molecule has 7 heteroatoms. The fourth-order valence-corrected chi connectivity index (χ4v) is 3.32. The Balaban J connectivity index is 1.58. The number of anilines is 2. The van der Waals surface area contributed by atoms with Gasteiger partial charge in [0.15, 0.2) is 17.0 Å². The van der Waals surface area contributed by atoms with Crippen molar-refractivity contribution in [1.29, 1.82) is 0 Å². The van der Waals surface area contributed by atoms with E-state index in [0.717, 1.165) is 40.2 Å². The van der Waals surface area contributed by atoms with Gasteiger partial charge in [-0.3, -0.25) is 4.98 Å². The Morgan fingerprint density at radius 3 is 2.45 bits per heavy atom. The van der Waals surface area contributed by atoms with Crippen molar-refractivity contribution in [3.05, 3.63) is 60.6 Å². The maximum absolute atomic E-state index is 4.74. The second-order valence-electron chi connectivity index (χ2n) is 8.03. The molecule has 0 aliphatic rings. The van der Waals surface area contributed by atoms with E-state index in [1.165, 1.54) is 0 Å². The van der Waals surface area contributed by atoms with Crippen LogP contribution in [0.2, 0.25) is 0 Å². The highest BCUT2D eigenvalue weighted by Gasteiger charge is 2.15. The number of aromatic nitrogens is 5. The molecule has 1 atom stereocenters. The van der Waals surface area contributed by atoms with Crippen molar-refractivity contribution in [1.82, 2.24) is 24.5 Å². The minimum absolute atomic E-state index is 0.267. The predicted molar refractivity (Wildman–Crippen MR) is 126 cm³/mol. The molecule has 0 bridgehead atoms. The molecule has 3 aromatic heterocycles. The Labute approximate surface area is 183 Å². The van der Waals surface area contributed by atoms with Gasteiger partial charge in [0.05, 0.1) is 12.0 Å². The minimum Gasteiger partial charge on any atom is -0.364 e. The van der Waals surface area contributed by atoms with Crippen LogP contribution in [0.5, 0.6) is 0 Å². The van der Waals surface area contributed by atoms with Crippen LogP contribution >= 0.6 is 0 Å². The lowest BCUT2D eigenvalue weighted by molar-refractivity contribution is 0.612. The second-order valence-corrected chi connectivity index (χ2v) is 8.03. The molecule has 0 fully saturated rings. The maximum atomic E-state index is 4.74. The van der Waals surface area contributed by atoms with Crippen molar-refractivity contribution in [3.63, 3.8) is 0 Å². The van der Waals surface area contributed by atoms with E-state index in [1.54, 1.807) is 0 Å². The van der Waals surface area contributed by atoms with Crippen LogP contribution in [0.1, 0.15) is 45.7 Å². The van der Waals surface area contributed by atoms with Gasteiger partial charge in [-0.15, -0.1) is 0 Å². The normalized spacial score (nSPS) is 12.3. The summed E-state index contributed by atoms with van der Waals surface area (Å²) < 4.78 is 2.08. The first-order valence-electron chi connectivity index (χ1n) is 10.8. The zero-order valence-electron chi connectivity index (χ0n) is 18.5. The molecule has 31 heavy (non-hydrogen) atoms. The fraction of sp³-hybridized carbons (Fsp3) is 0.333. The smallest absolute Gasteiger partial charge is 0.226 e. The van der Waals surface area contributed by atoms with E-state index in [9.17, 15) is 0 Å². The topological polar surface area (TPSA) is 80.5 Å². The van der Waals surface area contributed by atoms with Crippen LogP contribution in [0.15, 0.2) is 55.0 Å². The Morgan fingerprint density at radius 2 is 1.77 bits per heavy atom. The SMILES string of the molecule is CCC(C)Nc1nc(NCc2ccc(-c3ccccn3)cc2)c2ncn(C(C)C)c2n1. The number of pyridine rings is 1. The molecule has 0 amide bonds. The number of hydrogen-bond acceptors (Lipinski definition) is 6. The van der Waals surface area contributed by atoms with Gasteiger partial charge in [-0.1, -0.05) is 37.3 Å². The lowest BCUT2D eigenvalue weighted by Crippen LogP contribution is -2.17.